The summed E-state index contributed by atoms with van der Waals surface area (Å²) in [4.78, 5) is 18.6. The Morgan fingerprint density at radius 3 is 3.00 bits per heavy atom. The van der Waals surface area contributed by atoms with E-state index in [2.05, 4.69) is 26.2 Å². The van der Waals surface area contributed by atoms with Crippen molar-refractivity contribution in [3.05, 3.63) is 61.3 Å². The molecule has 4 rings (SSSR count). The normalized spacial score (nSPS) is 12.6. The van der Waals surface area contributed by atoms with Crippen LogP contribution in [0, 0.1) is 13.8 Å². The predicted octanol–water partition coefficient (Wildman–Crippen LogP) is 4.81. The second-order valence-electron chi connectivity index (χ2n) is 6.17. The fourth-order valence-corrected chi connectivity index (χ4v) is 4.64. The fraction of sp³-hybridized carbons (Fsp3) is 0.263. The maximum atomic E-state index is 12.6. The molecule has 0 bridgehead atoms. The van der Waals surface area contributed by atoms with Crippen molar-refractivity contribution in [1.82, 2.24) is 10.3 Å². The molecule has 0 radical (unpaired) electrons. The van der Waals surface area contributed by atoms with Crippen LogP contribution >= 0.6 is 27.3 Å². The number of halogens is 1. The largest absolute Gasteiger partial charge is 0.455 e. The molecule has 0 spiro atoms. The maximum absolute atomic E-state index is 12.6. The molecule has 4 nitrogen and oxygen atoms in total. The summed E-state index contributed by atoms with van der Waals surface area (Å²) in [6.07, 6.45) is 1.75. The number of aryl methyl sites for hydroxylation is 3. The lowest BCUT2D eigenvalue weighted by Gasteiger charge is -2.09. The predicted molar refractivity (Wildman–Crippen MR) is 102 cm³/mol. The van der Waals surface area contributed by atoms with Gasteiger partial charge >= 0.3 is 0 Å². The molecule has 0 fully saturated rings. The van der Waals surface area contributed by atoms with Gasteiger partial charge in [-0.25, -0.2) is 4.98 Å². The number of carbonyl (C=O) groups is 1. The van der Waals surface area contributed by atoms with Crippen molar-refractivity contribution in [3.8, 4) is 11.3 Å². The van der Waals surface area contributed by atoms with Gasteiger partial charge in [0, 0.05) is 33.4 Å². The van der Waals surface area contributed by atoms with E-state index in [1.807, 2.05) is 38.1 Å². The molecule has 3 aromatic rings. The second-order valence-corrected chi connectivity index (χ2v) is 8.38. The van der Waals surface area contributed by atoms with Gasteiger partial charge < -0.3 is 9.73 Å². The molecule has 2 aromatic heterocycles. The number of furan rings is 1. The van der Waals surface area contributed by atoms with Crippen molar-refractivity contribution in [2.45, 2.75) is 33.2 Å². The van der Waals surface area contributed by atoms with E-state index in [1.54, 1.807) is 11.3 Å². The van der Waals surface area contributed by atoms with Crippen LogP contribution < -0.4 is 5.32 Å². The number of hydrogen-bond donors (Lipinski definition) is 1. The zero-order valence-electron chi connectivity index (χ0n) is 14.0. The molecule has 6 heteroatoms. The first-order chi connectivity index (χ1) is 12.0. The number of rotatable bonds is 3. The van der Waals surface area contributed by atoms with Gasteiger partial charge in [-0.2, -0.15) is 0 Å². The van der Waals surface area contributed by atoms with Crippen molar-refractivity contribution in [1.29, 1.82) is 0 Å². The molecule has 0 saturated carbocycles. The van der Waals surface area contributed by atoms with Gasteiger partial charge in [-0.05, 0) is 38.0 Å². The zero-order chi connectivity index (χ0) is 17.6. The lowest BCUT2D eigenvalue weighted by atomic mass is 9.97. The average Bonchev–Trinajstić information content (AvgIpc) is 3.12. The Hall–Kier alpha value is -1.92. The Bertz CT molecular complexity index is 974. The monoisotopic (exact) mass is 416 g/mol. The number of hydrogen-bond acceptors (Lipinski definition) is 4. The Morgan fingerprint density at radius 2 is 2.20 bits per heavy atom. The van der Waals surface area contributed by atoms with Gasteiger partial charge in [0.25, 0.3) is 5.91 Å². The molecule has 1 aromatic carbocycles. The minimum atomic E-state index is -0.180. The molecule has 2 heterocycles. The molecule has 0 aliphatic heterocycles. The van der Waals surface area contributed by atoms with Crippen molar-refractivity contribution < 1.29 is 9.21 Å². The smallest absolute Gasteiger partial charge is 0.287 e. The van der Waals surface area contributed by atoms with E-state index in [0.717, 1.165) is 50.5 Å². The highest BCUT2D eigenvalue weighted by Gasteiger charge is 2.29. The van der Waals surface area contributed by atoms with Crippen LogP contribution in [0.15, 0.2) is 33.2 Å². The molecule has 25 heavy (non-hydrogen) atoms. The van der Waals surface area contributed by atoms with E-state index in [0.29, 0.717) is 12.3 Å². The summed E-state index contributed by atoms with van der Waals surface area (Å²) in [5.74, 6) is 1.10. The number of benzene rings is 1. The number of nitrogens with zero attached hydrogens (tertiary/aromatic N) is 1. The maximum Gasteiger partial charge on any atom is 0.287 e. The SMILES string of the molecule is Cc1nc2c(s1)CCc1oc(C(=O)NCc3cccc(Br)c3)c(C)c1-2. The van der Waals surface area contributed by atoms with Crippen LogP contribution in [-0.4, -0.2) is 10.9 Å². The number of amides is 1. The van der Waals surface area contributed by atoms with Crippen molar-refractivity contribution >= 4 is 33.2 Å². The lowest BCUT2D eigenvalue weighted by molar-refractivity contribution is 0.0920. The third-order valence-electron chi connectivity index (χ3n) is 4.39. The van der Waals surface area contributed by atoms with Crippen molar-refractivity contribution in [3.63, 3.8) is 0 Å². The van der Waals surface area contributed by atoms with Crippen molar-refractivity contribution in [2.24, 2.45) is 0 Å². The van der Waals surface area contributed by atoms with Gasteiger partial charge in [0.1, 0.15) is 5.76 Å². The average molecular weight is 417 g/mol. The number of fused-ring (bicyclic) bond motifs is 3. The molecule has 1 aliphatic rings. The highest BCUT2D eigenvalue weighted by atomic mass is 79.9. The minimum Gasteiger partial charge on any atom is -0.455 e. The van der Waals surface area contributed by atoms with E-state index in [-0.39, 0.29) is 5.91 Å². The lowest BCUT2D eigenvalue weighted by Crippen LogP contribution is -2.23. The molecular weight excluding hydrogens is 400 g/mol. The first-order valence-corrected chi connectivity index (χ1v) is 9.75. The number of carbonyl (C=O) groups excluding carboxylic acids is 1. The van der Waals surface area contributed by atoms with Crippen LogP contribution in [0.4, 0.5) is 0 Å². The second kappa shape index (κ2) is 6.42. The minimum absolute atomic E-state index is 0.180. The van der Waals surface area contributed by atoms with E-state index < -0.39 is 0 Å². The molecule has 0 unspecified atom stereocenters. The van der Waals surface area contributed by atoms with E-state index >= 15 is 0 Å². The first-order valence-electron chi connectivity index (χ1n) is 8.14. The summed E-state index contributed by atoms with van der Waals surface area (Å²) in [6.45, 7) is 4.42. The topological polar surface area (TPSA) is 55.1 Å². The number of thiazole rings is 1. The van der Waals surface area contributed by atoms with Crippen LogP contribution in [-0.2, 0) is 19.4 Å². The van der Waals surface area contributed by atoms with Crippen LogP contribution in [0.25, 0.3) is 11.3 Å². The van der Waals surface area contributed by atoms with E-state index in [9.17, 15) is 4.79 Å². The van der Waals surface area contributed by atoms with E-state index in [4.69, 9.17) is 4.42 Å². The van der Waals surface area contributed by atoms with Crippen LogP contribution in [0.2, 0.25) is 0 Å². The number of nitrogens with one attached hydrogen (secondary N) is 1. The highest BCUT2D eigenvalue weighted by Crippen LogP contribution is 2.40. The first kappa shape index (κ1) is 16.5. The Morgan fingerprint density at radius 1 is 1.36 bits per heavy atom. The Kier molecular flexibility index (Phi) is 4.25. The summed E-state index contributed by atoms with van der Waals surface area (Å²) in [6, 6.07) is 7.89. The standard InChI is InChI=1S/C19H17BrN2O2S/c1-10-16-14(6-7-15-17(16)22-11(2)25-15)24-18(10)19(23)21-9-12-4-3-5-13(20)8-12/h3-5,8H,6-7,9H2,1-2H3,(H,21,23). The van der Waals surface area contributed by atoms with Gasteiger partial charge in [-0.3, -0.25) is 4.79 Å². The summed E-state index contributed by atoms with van der Waals surface area (Å²) in [5, 5.41) is 4.01. The third-order valence-corrected chi connectivity index (χ3v) is 5.91. The molecule has 1 N–H and O–H groups in total. The van der Waals surface area contributed by atoms with Crippen LogP contribution in [0.1, 0.15) is 37.3 Å². The molecule has 1 amide bonds. The van der Waals surface area contributed by atoms with Crippen molar-refractivity contribution in [2.75, 3.05) is 0 Å². The summed E-state index contributed by atoms with van der Waals surface area (Å²) >= 11 is 5.18. The summed E-state index contributed by atoms with van der Waals surface area (Å²) in [5.41, 5.74) is 3.93. The van der Waals surface area contributed by atoms with Crippen LogP contribution in [0.5, 0.6) is 0 Å². The fourth-order valence-electron chi connectivity index (χ4n) is 3.25. The van der Waals surface area contributed by atoms with Crippen LogP contribution in [0.3, 0.4) is 0 Å². The Balaban J connectivity index is 1.60. The Labute approximate surface area is 158 Å². The zero-order valence-corrected chi connectivity index (χ0v) is 16.4. The molecular formula is C19H17BrN2O2S. The number of aromatic nitrogens is 1. The highest BCUT2D eigenvalue weighted by molar-refractivity contribution is 9.10. The third kappa shape index (κ3) is 3.04. The van der Waals surface area contributed by atoms with Gasteiger partial charge in [0.05, 0.1) is 10.7 Å². The van der Waals surface area contributed by atoms with Gasteiger partial charge in [-0.1, -0.05) is 28.1 Å². The summed E-state index contributed by atoms with van der Waals surface area (Å²) in [7, 11) is 0. The molecule has 0 saturated heterocycles. The molecule has 0 atom stereocenters. The summed E-state index contributed by atoms with van der Waals surface area (Å²) < 4.78 is 6.92. The molecule has 128 valence electrons. The van der Waals surface area contributed by atoms with Gasteiger partial charge in [0.2, 0.25) is 0 Å². The quantitative estimate of drug-likeness (QED) is 0.666. The van der Waals surface area contributed by atoms with Gasteiger partial charge in [0.15, 0.2) is 5.76 Å². The van der Waals surface area contributed by atoms with E-state index in [1.165, 1.54) is 4.88 Å². The molecule has 1 aliphatic carbocycles. The van der Waals surface area contributed by atoms with Gasteiger partial charge in [-0.15, -0.1) is 11.3 Å².